The third-order valence-electron chi connectivity index (χ3n) is 6.31. The zero-order valence-electron chi connectivity index (χ0n) is 25.9. The van der Waals surface area contributed by atoms with Gasteiger partial charge in [0.15, 0.2) is 0 Å². The zero-order valence-corrected chi connectivity index (χ0v) is 34.0. The second-order valence-electron chi connectivity index (χ2n) is 10.2. The van der Waals surface area contributed by atoms with Crippen molar-refractivity contribution in [2.45, 2.75) is 26.2 Å². The summed E-state index contributed by atoms with van der Waals surface area (Å²) in [5.41, 5.74) is 9.04. The van der Waals surface area contributed by atoms with Gasteiger partial charge in [-0.05, 0) is 22.7 Å². The Morgan fingerprint density at radius 2 is 1.20 bits per heavy atom. The van der Waals surface area contributed by atoms with E-state index in [-0.39, 0.29) is 107 Å². The number of benzene rings is 4. The Hall–Kier alpha value is -1.90. The van der Waals surface area contributed by atoms with Gasteiger partial charge in [-0.25, -0.2) is 41.5 Å². The minimum Gasteiger partial charge on any atom is -0.358 e. The molecular formula is C39H31BIrN2Y2-4. The Morgan fingerprint density at radius 1 is 0.578 bits per heavy atom. The Morgan fingerprint density at radius 3 is 1.71 bits per heavy atom. The van der Waals surface area contributed by atoms with Crippen molar-refractivity contribution in [2.24, 2.45) is 0 Å². The van der Waals surface area contributed by atoms with Gasteiger partial charge in [0, 0.05) is 73.6 Å². The molecule has 0 aliphatic heterocycles. The second kappa shape index (κ2) is 21.1. The Kier molecular flexibility index (Phi) is 20.2. The summed E-state index contributed by atoms with van der Waals surface area (Å²) in [7, 11) is 0. The summed E-state index contributed by atoms with van der Waals surface area (Å²) in [6, 6.07) is 53.1. The molecule has 0 bridgehead atoms. The van der Waals surface area contributed by atoms with Crippen LogP contribution in [-0.2, 0) is 90.9 Å². The van der Waals surface area contributed by atoms with Crippen LogP contribution in [0.15, 0.2) is 116 Å². The molecule has 45 heavy (non-hydrogen) atoms. The van der Waals surface area contributed by atoms with Gasteiger partial charge in [-0.2, -0.15) is 24.3 Å². The molecule has 0 unspecified atom stereocenters. The van der Waals surface area contributed by atoms with Crippen molar-refractivity contribution < 1.29 is 85.5 Å². The molecule has 2 heterocycles. The molecule has 219 valence electrons. The average molecular weight is 909 g/mol. The van der Waals surface area contributed by atoms with E-state index in [2.05, 4.69) is 79.3 Å². The fourth-order valence-electron chi connectivity index (χ4n) is 4.03. The summed E-state index contributed by atoms with van der Waals surface area (Å²) in [4.78, 5) is 8.84. The van der Waals surface area contributed by atoms with Crippen molar-refractivity contribution in [3.63, 3.8) is 0 Å². The van der Waals surface area contributed by atoms with Crippen molar-refractivity contribution >= 4 is 8.41 Å². The standard InChI is InChI=1S/C23H12N.C15H16N.CH3.B.Ir.2Y/c1-2-7-18(8-3-1)19-12-14-20(15-13-19)21-9-6-10-22(17-21)23-11-4-5-16-24-23;1-15(2,3)13-9-10-14(16-11-13)12-7-5-4-6-8-12;;;;;/h1-7,9,11-12,15-16H;4-7,9-11H,1-3H3;1H3;;;;/q-5;2*-1;;;;+3. The van der Waals surface area contributed by atoms with E-state index in [4.69, 9.17) is 0 Å². The summed E-state index contributed by atoms with van der Waals surface area (Å²) in [6.07, 6.45) is 3.73. The number of pyridine rings is 2. The molecule has 0 fully saturated rings. The molecule has 0 aliphatic rings. The molecule has 0 aliphatic carbocycles. The van der Waals surface area contributed by atoms with Crippen LogP contribution in [0.1, 0.15) is 26.3 Å². The topological polar surface area (TPSA) is 25.8 Å². The van der Waals surface area contributed by atoms with Crippen LogP contribution in [0.3, 0.4) is 0 Å². The SMILES string of the molecule is CC(C)(C)c1ccc(-c2[c-]cccc2)nc1.[B].[CH3-].[Ir].[Y+3].[Y].[c-]1ccc(-c2[c-]cc(-c3[c-]cccc3)[c-]c2)[c-]c1-c1ccccn1. The van der Waals surface area contributed by atoms with Gasteiger partial charge in [0.2, 0.25) is 0 Å². The number of aromatic nitrogens is 2. The minimum absolute atomic E-state index is 0. The summed E-state index contributed by atoms with van der Waals surface area (Å²) in [5.74, 6) is 0. The van der Waals surface area contributed by atoms with Gasteiger partial charge < -0.3 is 29.0 Å². The zero-order chi connectivity index (χ0) is 27.8. The molecule has 0 atom stereocenters. The first-order chi connectivity index (χ1) is 19.5. The van der Waals surface area contributed by atoms with Crippen LogP contribution >= 0.6 is 0 Å². The minimum atomic E-state index is 0. The van der Waals surface area contributed by atoms with Crippen LogP contribution < -0.4 is 0 Å². The van der Waals surface area contributed by atoms with E-state index in [1.165, 1.54) is 5.56 Å². The molecule has 2 nitrogen and oxygen atoms in total. The third kappa shape index (κ3) is 12.3. The van der Waals surface area contributed by atoms with Crippen LogP contribution in [-0.4, -0.2) is 18.4 Å². The molecule has 5 radical (unpaired) electrons. The van der Waals surface area contributed by atoms with Gasteiger partial charge in [-0.1, -0.05) is 44.7 Å². The van der Waals surface area contributed by atoms with E-state index < -0.39 is 0 Å². The molecule has 6 aromatic rings. The first-order valence-electron chi connectivity index (χ1n) is 13.2. The molecule has 0 N–H and O–H groups in total. The molecular weight excluding hydrogens is 877 g/mol. The largest absolute Gasteiger partial charge is 3.00 e. The van der Waals surface area contributed by atoms with Crippen LogP contribution in [0.5, 0.6) is 0 Å². The maximum atomic E-state index is 4.48. The average Bonchev–Trinajstić information content (AvgIpc) is 3.02. The molecule has 2 aromatic heterocycles. The predicted octanol–water partition coefficient (Wildman–Crippen LogP) is 8.99. The molecule has 4 aromatic carbocycles. The smallest absolute Gasteiger partial charge is 0.358 e. The molecule has 0 amide bonds. The van der Waals surface area contributed by atoms with Crippen LogP contribution in [0.25, 0.3) is 44.8 Å². The van der Waals surface area contributed by atoms with Crippen LogP contribution in [0.2, 0.25) is 0 Å². The van der Waals surface area contributed by atoms with Crippen molar-refractivity contribution in [1.82, 2.24) is 9.97 Å². The predicted molar refractivity (Wildman–Crippen MR) is 174 cm³/mol. The van der Waals surface area contributed by atoms with E-state index in [1.807, 2.05) is 97.2 Å². The van der Waals surface area contributed by atoms with Gasteiger partial charge in [0.1, 0.15) is 0 Å². The van der Waals surface area contributed by atoms with Crippen molar-refractivity contribution in [3.05, 3.63) is 165 Å². The van der Waals surface area contributed by atoms with Gasteiger partial charge in [0.05, 0.1) is 0 Å². The fraction of sp³-hybridized carbons (Fsp3) is 0.103. The Balaban J connectivity index is 0.000000824. The van der Waals surface area contributed by atoms with E-state index in [0.717, 1.165) is 44.8 Å². The fourth-order valence-corrected chi connectivity index (χ4v) is 4.03. The Bertz CT molecular complexity index is 1640. The van der Waals surface area contributed by atoms with Crippen LogP contribution in [0.4, 0.5) is 0 Å². The first-order valence-corrected chi connectivity index (χ1v) is 13.2. The number of nitrogens with zero attached hydrogens (tertiary/aromatic N) is 2. The van der Waals surface area contributed by atoms with Crippen molar-refractivity contribution in [2.75, 3.05) is 0 Å². The molecule has 0 saturated heterocycles. The van der Waals surface area contributed by atoms with Crippen molar-refractivity contribution in [1.29, 1.82) is 0 Å². The molecule has 0 spiro atoms. The molecule has 6 heteroatoms. The maximum absolute atomic E-state index is 4.48. The van der Waals surface area contributed by atoms with Gasteiger partial charge in [-0.3, -0.25) is 23.3 Å². The second-order valence-corrected chi connectivity index (χ2v) is 10.2. The van der Waals surface area contributed by atoms with Crippen molar-refractivity contribution in [3.8, 4) is 44.8 Å². The summed E-state index contributed by atoms with van der Waals surface area (Å²) >= 11 is 0. The van der Waals surface area contributed by atoms with E-state index in [1.54, 1.807) is 6.20 Å². The first kappa shape index (κ1) is 43.1. The van der Waals surface area contributed by atoms with E-state index in [0.29, 0.717) is 0 Å². The molecule has 6 rings (SSSR count). The van der Waals surface area contributed by atoms with E-state index in [9.17, 15) is 0 Å². The van der Waals surface area contributed by atoms with Gasteiger partial charge in [0.25, 0.3) is 0 Å². The van der Waals surface area contributed by atoms with Crippen LogP contribution in [0, 0.1) is 43.8 Å². The Labute approximate surface area is 336 Å². The van der Waals surface area contributed by atoms with Gasteiger partial charge >= 0.3 is 32.7 Å². The van der Waals surface area contributed by atoms with Gasteiger partial charge in [-0.15, -0.1) is 48.0 Å². The third-order valence-corrected chi connectivity index (χ3v) is 6.31. The quantitative estimate of drug-likeness (QED) is 0.131. The molecule has 0 saturated carbocycles. The number of rotatable bonds is 4. The number of hydrogen-bond acceptors (Lipinski definition) is 2. The monoisotopic (exact) mass is 909 g/mol. The summed E-state index contributed by atoms with van der Waals surface area (Å²) in [5, 5.41) is 0. The maximum Gasteiger partial charge on any atom is 3.00 e. The summed E-state index contributed by atoms with van der Waals surface area (Å²) < 4.78 is 0. The summed E-state index contributed by atoms with van der Waals surface area (Å²) in [6.45, 7) is 6.58. The number of hydrogen-bond donors (Lipinski definition) is 0. The normalized spacial score (nSPS) is 9.67. The van der Waals surface area contributed by atoms with E-state index >= 15 is 0 Å².